The van der Waals surface area contributed by atoms with Crippen molar-refractivity contribution < 1.29 is 37.9 Å². The number of allylic oxidation sites excluding steroid dienone is 8. The van der Waals surface area contributed by atoms with Gasteiger partial charge < -0.3 is 19.3 Å². The van der Waals surface area contributed by atoms with Gasteiger partial charge in [-0.15, -0.1) is 0 Å². The Hall–Kier alpha value is -1.99. The van der Waals surface area contributed by atoms with E-state index in [1.54, 1.807) is 0 Å². The zero-order valence-corrected chi connectivity index (χ0v) is 31.3. The van der Waals surface area contributed by atoms with Gasteiger partial charge in [-0.05, 0) is 70.6 Å². The van der Waals surface area contributed by atoms with Crippen LogP contribution in [0.2, 0.25) is 0 Å². The first kappa shape index (κ1) is 46.0. The van der Waals surface area contributed by atoms with Crippen molar-refractivity contribution in [3.05, 3.63) is 48.6 Å². The lowest BCUT2D eigenvalue weighted by Crippen LogP contribution is -2.29. The fraction of sp³-hybridized carbons (Fsp3) is 0.744. The Kier molecular flexibility index (Phi) is 33.4. The Morgan fingerprint density at radius 2 is 1.00 bits per heavy atom. The summed E-state index contributed by atoms with van der Waals surface area (Å²) in [5, 5.41) is 0. The van der Waals surface area contributed by atoms with Crippen molar-refractivity contribution in [1.82, 2.24) is 0 Å². The van der Waals surface area contributed by atoms with E-state index < -0.39 is 32.5 Å². The normalized spacial score (nSPS) is 13.0. The molecule has 0 unspecified atom stereocenters. The molecule has 0 bridgehead atoms. The molecule has 0 aromatic carbocycles. The molecule has 0 rings (SSSR count). The molecule has 1 atom stereocenters. The number of phosphoric acid groups is 1. The first-order valence-electron chi connectivity index (χ1n) is 18.9. The van der Waals surface area contributed by atoms with Gasteiger partial charge in [0.25, 0.3) is 0 Å². The van der Waals surface area contributed by atoms with Crippen LogP contribution in [0.5, 0.6) is 0 Å². The van der Waals surface area contributed by atoms with E-state index in [0.29, 0.717) is 12.8 Å². The second-order valence-electron chi connectivity index (χ2n) is 12.6. The summed E-state index contributed by atoms with van der Waals surface area (Å²) in [7, 11) is -4.76. The number of hydrogen-bond donors (Lipinski definition) is 2. The van der Waals surface area contributed by atoms with E-state index in [2.05, 4.69) is 67.0 Å². The standard InChI is InChI=1S/C39H69O8P/c1-3-5-7-9-11-13-15-17-19-21-23-25-27-29-31-33-38(40)45-35-37(36-46-48(42,43)44)47-39(41)34-32-30-28-26-24-22-20-18-16-14-12-10-8-6-4-2/h13,15,17-20,24,26,37H,3-12,14,16,21-23,25,27-36H2,1-2H3,(H2,42,43,44)/b15-13+,19-17+,20-18+,26-24+/t37-/m1/s1. The van der Waals surface area contributed by atoms with Crippen molar-refractivity contribution in [3.63, 3.8) is 0 Å². The summed E-state index contributed by atoms with van der Waals surface area (Å²) >= 11 is 0. The maximum atomic E-state index is 12.3. The van der Waals surface area contributed by atoms with E-state index in [9.17, 15) is 14.2 Å². The van der Waals surface area contributed by atoms with Crippen molar-refractivity contribution in [2.75, 3.05) is 13.2 Å². The Morgan fingerprint density at radius 3 is 1.56 bits per heavy atom. The van der Waals surface area contributed by atoms with Gasteiger partial charge in [0.05, 0.1) is 6.61 Å². The quantitative estimate of drug-likeness (QED) is 0.0224. The molecule has 0 aliphatic rings. The summed E-state index contributed by atoms with van der Waals surface area (Å²) in [6.07, 6.45) is 41.2. The fourth-order valence-electron chi connectivity index (χ4n) is 4.98. The van der Waals surface area contributed by atoms with Gasteiger partial charge in [-0.3, -0.25) is 14.1 Å². The van der Waals surface area contributed by atoms with Crippen LogP contribution in [0, 0.1) is 0 Å². The topological polar surface area (TPSA) is 119 Å². The van der Waals surface area contributed by atoms with Crippen molar-refractivity contribution >= 4 is 19.8 Å². The maximum Gasteiger partial charge on any atom is 0.469 e. The number of carbonyl (C=O) groups excluding carboxylic acids is 2. The van der Waals surface area contributed by atoms with E-state index in [-0.39, 0.29) is 19.4 Å². The molecule has 0 aliphatic heterocycles. The molecule has 9 heteroatoms. The number of esters is 2. The van der Waals surface area contributed by atoms with Crippen LogP contribution >= 0.6 is 7.82 Å². The molecule has 0 spiro atoms. The number of carbonyl (C=O) groups is 2. The highest BCUT2D eigenvalue weighted by Crippen LogP contribution is 2.36. The highest BCUT2D eigenvalue weighted by atomic mass is 31.2. The molecule has 0 amide bonds. The van der Waals surface area contributed by atoms with Crippen molar-refractivity contribution in [2.24, 2.45) is 0 Å². The minimum Gasteiger partial charge on any atom is -0.462 e. The van der Waals surface area contributed by atoms with Crippen LogP contribution in [-0.4, -0.2) is 41.0 Å². The molecule has 2 N–H and O–H groups in total. The van der Waals surface area contributed by atoms with Gasteiger partial charge in [-0.2, -0.15) is 0 Å². The van der Waals surface area contributed by atoms with Gasteiger partial charge in [0.2, 0.25) is 0 Å². The molecular weight excluding hydrogens is 627 g/mol. The van der Waals surface area contributed by atoms with Gasteiger partial charge in [0, 0.05) is 12.8 Å². The monoisotopic (exact) mass is 696 g/mol. The molecule has 8 nitrogen and oxygen atoms in total. The van der Waals surface area contributed by atoms with E-state index in [0.717, 1.165) is 64.2 Å². The van der Waals surface area contributed by atoms with Crippen LogP contribution in [0.1, 0.15) is 168 Å². The van der Waals surface area contributed by atoms with E-state index >= 15 is 0 Å². The van der Waals surface area contributed by atoms with E-state index in [1.165, 1.54) is 64.2 Å². The fourth-order valence-corrected chi connectivity index (χ4v) is 5.34. The van der Waals surface area contributed by atoms with Crippen LogP contribution in [0.15, 0.2) is 48.6 Å². The lowest BCUT2D eigenvalue weighted by molar-refractivity contribution is -0.161. The third-order valence-corrected chi connectivity index (χ3v) is 8.33. The highest BCUT2D eigenvalue weighted by molar-refractivity contribution is 7.46. The van der Waals surface area contributed by atoms with E-state index in [1.807, 2.05) is 0 Å². The molecule has 0 heterocycles. The zero-order valence-electron chi connectivity index (χ0n) is 30.4. The Morgan fingerprint density at radius 1 is 0.562 bits per heavy atom. The summed E-state index contributed by atoms with van der Waals surface area (Å²) in [6, 6.07) is 0. The molecule has 0 aromatic rings. The minimum absolute atomic E-state index is 0.165. The molecule has 48 heavy (non-hydrogen) atoms. The lowest BCUT2D eigenvalue weighted by Gasteiger charge is -2.18. The van der Waals surface area contributed by atoms with Crippen molar-refractivity contribution in [1.29, 1.82) is 0 Å². The predicted molar refractivity (Wildman–Crippen MR) is 198 cm³/mol. The second kappa shape index (κ2) is 34.9. The Balaban J connectivity index is 4.06. The van der Waals surface area contributed by atoms with Gasteiger partial charge in [0.15, 0.2) is 6.10 Å². The zero-order chi connectivity index (χ0) is 35.4. The van der Waals surface area contributed by atoms with Crippen LogP contribution in [0.3, 0.4) is 0 Å². The summed E-state index contributed by atoms with van der Waals surface area (Å²) in [5.74, 6) is -0.944. The predicted octanol–water partition coefficient (Wildman–Crippen LogP) is 11.2. The summed E-state index contributed by atoms with van der Waals surface area (Å²) in [6.45, 7) is 3.60. The molecule has 0 saturated heterocycles. The van der Waals surface area contributed by atoms with Crippen LogP contribution in [0.25, 0.3) is 0 Å². The molecule has 0 aliphatic carbocycles. The van der Waals surface area contributed by atoms with Crippen LogP contribution in [0.4, 0.5) is 0 Å². The maximum absolute atomic E-state index is 12.3. The summed E-state index contributed by atoms with van der Waals surface area (Å²) in [4.78, 5) is 42.7. The minimum atomic E-state index is -4.76. The molecule has 0 radical (unpaired) electrons. The Bertz CT molecular complexity index is 921. The number of rotatable bonds is 34. The van der Waals surface area contributed by atoms with Crippen LogP contribution < -0.4 is 0 Å². The van der Waals surface area contributed by atoms with Crippen molar-refractivity contribution in [2.45, 2.75) is 174 Å². The average molecular weight is 697 g/mol. The molecular formula is C39H69O8P. The van der Waals surface area contributed by atoms with Gasteiger partial charge in [-0.1, -0.05) is 133 Å². The number of ether oxygens (including phenoxy) is 2. The van der Waals surface area contributed by atoms with Crippen LogP contribution in [-0.2, 0) is 28.2 Å². The third-order valence-electron chi connectivity index (χ3n) is 7.85. The summed E-state index contributed by atoms with van der Waals surface area (Å²) in [5.41, 5.74) is 0. The lowest BCUT2D eigenvalue weighted by atomic mass is 10.1. The van der Waals surface area contributed by atoms with Crippen molar-refractivity contribution in [3.8, 4) is 0 Å². The first-order chi connectivity index (χ1) is 23.3. The number of phosphoric ester groups is 1. The molecule has 0 fully saturated rings. The summed E-state index contributed by atoms with van der Waals surface area (Å²) < 4.78 is 26.3. The van der Waals surface area contributed by atoms with Gasteiger partial charge in [-0.25, -0.2) is 4.57 Å². The molecule has 278 valence electrons. The SMILES string of the molecule is CCCCCC/C=C/C=C/CCCCCCCC(=O)OC[C@H](COP(=O)(O)O)OC(=O)CCCC/C=C/C/C=C/CCCCCCCC. The van der Waals surface area contributed by atoms with E-state index in [4.69, 9.17) is 19.3 Å². The Labute approximate surface area is 293 Å². The second-order valence-corrected chi connectivity index (χ2v) is 13.8. The average Bonchev–Trinajstić information content (AvgIpc) is 3.05. The third kappa shape index (κ3) is 36.8. The largest absolute Gasteiger partial charge is 0.469 e. The van der Waals surface area contributed by atoms with Gasteiger partial charge >= 0.3 is 19.8 Å². The molecule has 0 aromatic heterocycles. The first-order valence-corrected chi connectivity index (χ1v) is 20.5. The highest BCUT2D eigenvalue weighted by Gasteiger charge is 2.22. The van der Waals surface area contributed by atoms with Gasteiger partial charge in [0.1, 0.15) is 6.61 Å². The smallest absolute Gasteiger partial charge is 0.462 e. The number of hydrogen-bond acceptors (Lipinski definition) is 6. The molecule has 0 saturated carbocycles. The number of unbranched alkanes of at least 4 members (excludes halogenated alkanes) is 17.